The zero-order chi connectivity index (χ0) is 15.1. The maximum atomic E-state index is 12.7. The van der Waals surface area contributed by atoms with E-state index in [4.69, 9.17) is 4.74 Å². The quantitative estimate of drug-likeness (QED) is 0.839. The Kier molecular flexibility index (Phi) is 3.59. The molecule has 3 nitrogen and oxygen atoms in total. The second-order valence-electron chi connectivity index (χ2n) is 6.07. The van der Waals surface area contributed by atoms with E-state index in [1.165, 1.54) is 0 Å². The predicted molar refractivity (Wildman–Crippen MR) is 71.0 cm³/mol. The summed E-state index contributed by atoms with van der Waals surface area (Å²) in [6.45, 7) is 0.199. The van der Waals surface area contributed by atoms with Crippen LogP contribution in [0.3, 0.4) is 0 Å². The number of nitrogens with zero attached hydrogens (tertiary/aromatic N) is 1. The highest BCUT2D eigenvalue weighted by Crippen LogP contribution is 2.43. The first-order chi connectivity index (χ1) is 9.88. The zero-order valence-corrected chi connectivity index (χ0v) is 11.7. The molecule has 1 unspecified atom stereocenters. The molecule has 3 rings (SSSR count). The predicted octanol–water partition coefficient (Wildman–Crippen LogP) is 3.36. The summed E-state index contributed by atoms with van der Waals surface area (Å²) in [5, 5.41) is 0. The molecular weight excluding hydrogens is 283 g/mol. The molecule has 1 aliphatic heterocycles. The van der Waals surface area contributed by atoms with Crippen molar-refractivity contribution in [3.8, 4) is 0 Å². The lowest BCUT2D eigenvalue weighted by molar-refractivity contribution is -0.138. The van der Waals surface area contributed by atoms with Crippen molar-refractivity contribution >= 4 is 0 Å². The molecule has 1 aromatic heterocycles. The topological polar surface area (TPSA) is 31.2 Å². The summed E-state index contributed by atoms with van der Waals surface area (Å²) < 4.78 is 45.3. The van der Waals surface area contributed by atoms with Crippen LogP contribution in [0.5, 0.6) is 0 Å². The van der Waals surface area contributed by atoms with Crippen LogP contribution in [-0.2, 0) is 17.5 Å². The van der Waals surface area contributed by atoms with Crippen molar-refractivity contribution < 1.29 is 17.9 Å². The minimum Gasteiger partial charge on any atom is -0.370 e. The van der Waals surface area contributed by atoms with E-state index in [1.807, 2.05) is 0 Å². The fourth-order valence-electron chi connectivity index (χ4n) is 3.47. The summed E-state index contributed by atoms with van der Waals surface area (Å²) in [6.07, 6.45) is 2.41. The molecule has 116 valence electrons. The van der Waals surface area contributed by atoms with Crippen molar-refractivity contribution in [1.29, 1.82) is 0 Å². The van der Waals surface area contributed by atoms with Crippen LogP contribution in [0.1, 0.15) is 44.1 Å². The van der Waals surface area contributed by atoms with E-state index >= 15 is 0 Å². The normalized spacial score (nSPS) is 24.8. The van der Waals surface area contributed by atoms with Gasteiger partial charge < -0.3 is 9.30 Å². The Morgan fingerprint density at radius 1 is 1.24 bits per heavy atom. The second kappa shape index (κ2) is 5.16. The minimum atomic E-state index is -4.43. The summed E-state index contributed by atoms with van der Waals surface area (Å²) in [6, 6.07) is 1.80. The van der Waals surface area contributed by atoms with Gasteiger partial charge in [-0.05, 0) is 31.7 Å². The molecule has 1 atom stereocenters. The van der Waals surface area contributed by atoms with Gasteiger partial charge in [0.25, 0.3) is 5.56 Å². The Hall–Kier alpha value is -1.30. The van der Waals surface area contributed by atoms with Crippen molar-refractivity contribution in [3.05, 3.63) is 34.2 Å². The number of pyridine rings is 1. The molecule has 1 spiro atoms. The third kappa shape index (κ3) is 3.00. The Morgan fingerprint density at radius 2 is 1.95 bits per heavy atom. The van der Waals surface area contributed by atoms with Gasteiger partial charge in [-0.1, -0.05) is 12.8 Å². The molecule has 0 radical (unpaired) electrons. The van der Waals surface area contributed by atoms with Gasteiger partial charge in [0.2, 0.25) is 0 Å². The Balaban J connectivity index is 1.75. The first-order valence-electron chi connectivity index (χ1n) is 7.34. The monoisotopic (exact) mass is 301 g/mol. The number of halogens is 3. The fraction of sp³-hybridized carbons (Fsp3) is 0.667. The van der Waals surface area contributed by atoms with E-state index in [1.54, 1.807) is 0 Å². The molecule has 1 saturated heterocycles. The van der Waals surface area contributed by atoms with Crippen LogP contribution in [-0.4, -0.2) is 16.3 Å². The van der Waals surface area contributed by atoms with Gasteiger partial charge >= 0.3 is 6.18 Å². The third-order valence-electron chi connectivity index (χ3n) is 4.56. The zero-order valence-electron chi connectivity index (χ0n) is 11.7. The fourth-order valence-corrected chi connectivity index (χ4v) is 3.47. The van der Waals surface area contributed by atoms with Gasteiger partial charge in [0.05, 0.1) is 23.8 Å². The van der Waals surface area contributed by atoms with Gasteiger partial charge in [0.1, 0.15) is 0 Å². The third-order valence-corrected chi connectivity index (χ3v) is 4.56. The van der Waals surface area contributed by atoms with E-state index in [0.29, 0.717) is 0 Å². The summed E-state index contributed by atoms with van der Waals surface area (Å²) in [5.41, 5.74) is -1.29. The molecule has 21 heavy (non-hydrogen) atoms. The molecule has 2 heterocycles. The standard InChI is InChI=1S/C15H18F3NO2/c16-15(17,18)11-3-4-13(20)19(9-11)10-12-5-8-14(21-12)6-1-2-7-14/h3-4,9,12H,1-2,5-8,10H2. The van der Waals surface area contributed by atoms with Crippen LogP contribution in [0.2, 0.25) is 0 Å². The Bertz CT molecular complexity index is 573. The smallest absolute Gasteiger partial charge is 0.370 e. The number of ether oxygens (including phenoxy) is 1. The van der Waals surface area contributed by atoms with Crippen LogP contribution in [0, 0.1) is 0 Å². The molecule has 0 bridgehead atoms. The van der Waals surface area contributed by atoms with Crippen molar-refractivity contribution in [1.82, 2.24) is 4.57 Å². The van der Waals surface area contributed by atoms with Gasteiger partial charge in [0, 0.05) is 12.3 Å². The van der Waals surface area contributed by atoms with Crippen molar-refractivity contribution in [3.63, 3.8) is 0 Å². The van der Waals surface area contributed by atoms with Gasteiger partial charge in [-0.15, -0.1) is 0 Å². The molecule has 0 N–H and O–H groups in total. The molecule has 2 aliphatic rings. The first-order valence-corrected chi connectivity index (χ1v) is 7.34. The van der Waals surface area contributed by atoms with Crippen molar-refractivity contribution in [2.45, 2.75) is 63.0 Å². The Morgan fingerprint density at radius 3 is 2.62 bits per heavy atom. The Labute approximate surface area is 120 Å². The molecule has 1 aromatic rings. The highest BCUT2D eigenvalue weighted by molar-refractivity contribution is 5.13. The SMILES string of the molecule is O=c1ccc(C(F)(F)F)cn1CC1CCC2(CCCC2)O1. The van der Waals surface area contributed by atoms with E-state index in [2.05, 4.69) is 0 Å². The first kappa shape index (κ1) is 14.6. The lowest BCUT2D eigenvalue weighted by Crippen LogP contribution is -2.30. The molecule has 2 fully saturated rings. The highest BCUT2D eigenvalue weighted by atomic mass is 19.4. The number of hydrogen-bond acceptors (Lipinski definition) is 2. The highest BCUT2D eigenvalue weighted by Gasteiger charge is 2.42. The molecule has 1 aliphatic carbocycles. The summed E-state index contributed by atoms with van der Waals surface area (Å²) in [7, 11) is 0. The molecule has 6 heteroatoms. The van der Waals surface area contributed by atoms with Crippen molar-refractivity contribution in [2.24, 2.45) is 0 Å². The van der Waals surface area contributed by atoms with E-state index in [0.717, 1.165) is 61.4 Å². The molecular formula is C15H18F3NO2. The van der Waals surface area contributed by atoms with Crippen LogP contribution in [0.4, 0.5) is 13.2 Å². The summed E-state index contributed by atoms with van der Waals surface area (Å²) >= 11 is 0. The number of aromatic nitrogens is 1. The van der Waals surface area contributed by atoms with Gasteiger partial charge in [-0.3, -0.25) is 4.79 Å². The number of hydrogen-bond donors (Lipinski definition) is 0. The van der Waals surface area contributed by atoms with E-state index in [9.17, 15) is 18.0 Å². The average Bonchev–Trinajstić information content (AvgIpc) is 3.02. The summed E-state index contributed by atoms with van der Waals surface area (Å²) in [4.78, 5) is 11.7. The molecule has 0 amide bonds. The number of rotatable bonds is 2. The largest absolute Gasteiger partial charge is 0.417 e. The summed E-state index contributed by atoms with van der Waals surface area (Å²) in [5.74, 6) is 0. The maximum Gasteiger partial charge on any atom is 0.417 e. The minimum absolute atomic E-state index is 0.0735. The average molecular weight is 301 g/mol. The van der Waals surface area contributed by atoms with Gasteiger partial charge in [0.15, 0.2) is 0 Å². The lowest BCUT2D eigenvalue weighted by atomic mass is 9.98. The van der Waals surface area contributed by atoms with Gasteiger partial charge in [-0.25, -0.2) is 0 Å². The number of alkyl halides is 3. The second-order valence-corrected chi connectivity index (χ2v) is 6.07. The van der Waals surface area contributed by atoms with Crippen LogP contribution < -0.4 is 5.56 Å². The van der Waals surface area contributed by atoms with Crippen LogP contribution >= 0.6 is 0 Å². The van der Waals surface area contributed by atoms with E-state index < -0.39 is 17.3 Å². The van der Waals surface area contributed by atoms with Crippen molar-refractivity contribution in [2.75, 3.05) is 0 Å². The molecule has 1 saturated carbocycles. The van der Waals surface area contributed by atoms with Crippen LogP contribution in [0.25, 0.3) is 0 Å². The maximum absolute atomic E-state index is 12.7. The van der Waals surface area contributed by atoms with Gasteiger partial charge in [-0.2, -0.15) is 13.2 Å². The van der Waals surface area contributed by atoms with Crippen LogP contribution in [0.15, 0.2) is 23.1 Å². The molecule has 0 aromatic carbocycles. The van der Waals surface area contributed by atoms with E-state index in [-0.39, 0.29) is 18.2 Å². The lowest BCUT2D eigenvalue weighted by Gasteiger charge is -2.24.